The molecule has 2 unspecified atom stereocenters. The van der Waals surface area contributed by atoms with Gasteiger partial charge in [0.2, 0.25) is 5.91 Å². The Labute approximate surface area is 93.0 Å². The Kier molecular flexibility index (Phi) is 3.15. The van der Waals surface area contributed by atoms with Crippen LogP contribution in [0.5, 0.6) is 0 Å². The third-order valence-corrected chi connectivity index (χ3v) is 3.07. The van der Waals surface area contributed by atoms with Crippen LogP contribution < -0.4 is 10.6 Å². The van der Waals surface area contributed by atoms with Crippen LogP contribution in [0, 0.1) is 16.7 Å². The summed E-state index contributed by atoms with van der Waals surface area (Å²) >= 11 is 0. The Morgan fingerprint density at radius 2 is 1.60 bits per heavy atom. The van der Waals surface area contributed by atoms with E-state index in [-0.39, 0.29) is 28.7 Å². The van der Waals surface area contributed by atoms with E-state index in [1.165, 1.54) is 0 Å². The molecule has 15 heavy (non-hydrogen) atoms. The molecule has 2 N–H and O–H groups in total. The molecule has 88 valence electrons. The summed E-state index contributed by atoms with van der Waals surface area (Å²) in [5.41, 5.74) is 0.102. The summed E-state index contributed by atoms with van der Waals surface area (Å²) in [6.07, 6.45) is 0. The van der Waals surface area contributed by atoms with Crippen LogP contribution in [-0.4, -0.2) is 18.6 Å². The summed E-state index contributed by atoms with van der Waals surface area (Å²) in [7, 11) is 0. The highest BCUT2D eigenvalue weighted by Crippen LogP contribution is 2.37. The summed E-state index contributed by atoms with van der Waals surface area (Å²) in [5, 5.41) is 6.30. The number of hydrogen-bond donors (Lipinski definition) is 2. The van der Waals surface area contributed by atoms with Crippen molar-refractivity contribution in [3.8, 4) is 0 Å². The van der Waals surface area contributed by atoms with Crippen molar-refractivity contribution in [2.24, 2.45) is 16.7 Å². The zero-order valence-corrected chi connectivity index (χ0v) is 10.8. The molecule has 0 aromatic carbocycles. The minimum absolute atomic E-state index is 0.00451. The summed E-state index contributed by atoms with van der Waals surface area (Å²) in [5.74, 6) is 0.215. The van der Waals surface area contributed by atoms with Crippen molar-refractivity contribution < 1.29 is 4.79 Å². The molecular formula is C12H24N2O. The first-order valence-electron chi connectivity index (χ1n) is 5.65. The molecule has 1 fully saturated rings. The molecule has 0 bridgehead atoms. The number of nitrogens with one attached hydrogen (secondary N) is 2. The van der Waals surface area contributed by atoms with E-state index < -0.39 is 0 Å². The molecule has 3 nitrogen and oxygen atoms in total. The standard InChI is InChI=1S/C12H24N2O/c1-11(2,3)8-9(12(4,5)6)13-7-14-10(8)15/h8-9,13H,7H2,1-6H3,(H,14,15). The third kappa shape index (κ3) is 2.71. The van der Waals surface area contributed by atoms with Gasteiger partial charge in [0, 0.05) is 6.04 Å². The van der Waals surface area contributed by atoms with Crippen LogP contribution in [0.3, 0.4) is 0 Å². The van der Waals surface area contributed by atoms with E-state index >= 15 is 0 Å². The van der Waals surface area contributed by atoms with Crippen molar-refractivity contribution in [2.75, 3.05) is 6.67 Å². The van der Waals surface area contributed by atoms with Crippen molar-refractivity contribution in [3.63, 3.8) is 0 Å². The Morgan fingerprint density at radius 1 is 1.07 bits per heavy atom. The van der Waals surface area contributed by atoms with Gasteiger partial charge in [-0.1, -0.05) is 41.5 Å². The van der Waals surface area contributed by atoms with Crippen LogP contribution in [0.4, 0.5) is 0 Å². The molecule has 1 saturated heterocycles. The highest BCUT2D eigenvalue weighted by atomic mass is 16.2. The van der Waals surface area contributed by atoms with Gasteiger partial charge in [0.05, 0.1) is 12.6 Å². The van der Waals surface area contributed by atoms with Crippen LogP contribution in [-0.2, 0) is 4.79 Å². The summed E-state index contributed by atoms with van der Waals surface area (Å²) < 4.78 is 0. The minimum Gasteiger partial charge on any atom is -0.343 e. The predicted molar refractivity (Wildman–Crippen MR) is 62.3 cm³/mol. The highest BCUT2D eigenvalue weighted by Gasteiger charge is 2.44. The fourth-order valence-electron chi connectivity index (χ4n) is 2.33. The molecule has 1 rings (SSSR count). The molecule has 1 aliphatic rings. The van der Waals surface area contributed by atoms with Crippen LogP contribution in [0.2, 0.25) is 0 Å². The minimum atomic E-state index is -0.00451. The van der Waals surface area contributed by atoms with Crippen molar-refractivity contribution in [3.05, 3.63) is 0 Å². The van der Waals surface area contributed by atoms with Crippen LogP contribution in [0.25, 0.3) is 0 Å². The maximum Gasteiger partial charge on any atom is 0.226 e. The average molecular weight is 212 g/mol. The van der Waals surface area contributed by atoms with Gasteiger partial charge in [-0.3, -0.25) is 10.1 Å². The first-order valence-corrected chi connectivity index (χ1v) is 5.65. The number of amides is 1. The van der Waals surface area contributed by atoms with Crippen LogP contribution >= 0.6 is 0 Å². The summed E-state index contributed by atoms with van der Waals surface area (Å²) in [6, 6.07) is 0.242. The van der Waals surface area contributed by atoms with Crippen molar-refractivity contribution in [2.45, 2.75) is 47.6 Å². The van der Waals surface area contributed by atoms with Gasteiger partial charge in [-0.25, -0.2) is 0 Å². The van der Waals surface area contributed by atoms with Gasteiger partial charge in [0.1, 0.15) is 0 Å². The van der Waals surface area contributed by atoms with E-state index in [0.717, 1.165) is 0 Å². The topological polar surface area (TPSA) is 41.1 Å². The van der Waals surface area contributed by atoms with Gasteiger partial charge in [-0.05, 0) is 10.8 Å². The SMILES string of the molecule is CC(C)(C)C1NCNC(=O)C1C(C)(C)C. The van der Waals surface area contributed by atoms with E-state index in [2.05, 4.69) is 52.2 Å². The van der Waals surface area contributed by atoms with Gasteiger partial charge < -0.3 is 5.32 Å². The zero-order valence-electron chi connectivity index (χ0n) is 10.8. The number of hydrogen-bond acceptors (Lipinski definition) is 2. The van der Waals surface area contributed by atoms with Crippen molar-refractivity contribution in [1.29, 1.82) is 0 Å². The molecule has 0 aliphatic carbocycles. The van der Waals surface area contributed by atoms with Gasteiger partial charge in [0.25, 0.3) is 0 Å². The first-order chi connectivity index (χ1) is 6.64. The lowest BCUT2D eigenvalue weighted by Crippen LogP contribution is -2.62. The van der Waals surface area contributed by atoms with E-state index in [4.69, 9.17) is 0 Å². The van der Waals surface area contributed by atoms with Gasteiger partial charge in [-0.2, -0.15) is 0 Å². The first kappa shape index (κ1) is 12.5. The Morgan fingerprint density at radius 3 is 1.93 bits per heavy atom. The molecule has 0 aromatic heterocycles. The largest absolute Gasteiger partial charge is 0.343 e. The fraction of sp³-hybridized carbons (Fsp3) is 0.917. The van der Waals surface area contributed by atoms with Crippen molar-refractivity contribution in [1.82, 2.24) is 10.6 Å². The Bertz CT molecular complexity index is 247. The van der Waals surface area contributed by atoms with Crippen molar-refractivity contribution >= 4 is 5.91 Å². The molecule has 3 heteroatoms. The quantitative estimate of drug-likeness (QED) is 0.642. The normalized spacial score (nSPS) is 28.8. The van der Waals surface area contributed by atoms with Crippen LogP contribution in [0.15, 0.2) is 0 Å². The average Bonchev–Trinajstić information content (AvgIpc) is 1.99. The van der Waals surface area contributed by atoms with E-state index in [1.54, 1.807) is 0 Å². The van der Waals surface area contributed by atoms with E-state index in [9.17, 15) is 4.79 Å². The molecule has 1 aliphatic heterocycles. The maximum absolute atomic E-state index is 11.9. The second-order valence-electron chi connectivity index (χ2n) is 6.61. The molecule has 0 aromatic rings. The Balaban J connectivity index is 2.98. The predicted octanol–water partition coefficient (Wildman–Crippen LogP) is 1.74. The number of rotatable bonds is 0. The summed E-state index contributed by atoms with van der Waals surface area (Å²) in [4.78, 5) is 11.9. The number of carbonyl (C=O) groups excluding carboxylic acids is 1. The lowest BCUT2D eigenvalue weighted by Gasteiger charge is -2.45. The van der Waals surface area contributed by atoms with E-state index in [1.807, 2.05) is 0 Å². The second kappa shape index (κ2) is 3.78. The molecule has 0 spiro atoms. The molecule has 1 amide bonds. The zero-order chi connectivity index (χ0) is 11.9. The fourth-order valence-corrected chi connectivity index (χ4v) is 2.33. The smallest absolute Gasteiger partial charge is 0.226 e. The molecular weight excluding hydrogens is 188 g/mol. The lowest BCUT2D eigenvalue weighted by atomic mass is 9.67. The molecule has 0 saturated carbocycles. The highest BCUT2D eigenvalue weighted by molar-refractivity contribution is 5.81. The molecule has 1 heterocycles. The lowest BCUT2D eigenvalue weighted by molar-refractivity contribution is -0.134. The van der Waals surface area contributed by atoms with E-state index in [0.29, 0.717) is 6.67 Å². The Hall–Kier alpha value is -0.570. The monoisotopic (exact) mass is 212 g/mol. The maximum atomic E-state index is 11.9. The van der Waals surface area contributed by atoms with Gasteiger partial charge >= 0.3 is 0 Å². The molecule has 2 atom stereocenters. The molecule has 0 radical (unpaired) electrons. The van der Waals surface area contributed by atoms with Gasteiger partial charge in [-0.15, -0.1) is 0 Å². The van der Waals surface area contributed by atoms with Crippen LogP contribution in [0.1, 0.15) is 41.5 Å². The second-order valence-corrected chi connectivity index (χ2v) is 6.61. The number of carbonyl (C=O) groups is 1. The summed E-state index contributed by atoms with van der Waals surface area (Å²) in [6.45, 7) is 13.5. The van der Waals surface area contributed by atoms with Gasteiger partial charge in [0.15, 0.2) is 0 Å². The third-order valence-electron chi connectivity index (χ3n) is 3.07.